The molecule has 2 nitrogen and oxygen atoms in total. The Balaban J connectivity index is 2.54. The molecule has 18 heavy (non-hydrogen) atoms. The fraction of sp³-hybridized carbons (Fsp3) is 0.562. The molecular weight excluding hydrogens is 222 g/mol. The smallest absolute Gasteiger partial charge is 0.138 e. The lowest BCUT2D eigenvalue weighted by molar-refractivity contribution is -0.119. The molecule has 0 bridgehead atoms. The Morgan fingerprint density at radius 1 is 1.17 bits per heavy atom. The Morgan fingerprint density at radius 2 is 1.67 bits per heavy atom. The summed E-state index contributed by atoms with van der Waals surface area (Å²) >= 11 is 0. The number of aryl methyl sites for hydroxylation is 1. The maximum absolute atomic E-state index is 11.9. The van der Waals surface area contributed by atoms with Crippen LogP contribution in [0.2, 0.25) is 0 Å². The van der Waals surface area contributed by atoms with Crippen LogP contribution in [0.5, 0.6) is 0 Å². The zero-order valence-corrected chi connectivity index (χ0v) is 12.0. The fourth-order valence-corrected chi connectivity index (χ4v) is 1.74. The average Bonchev–Trinajstić information content (AvgIpc) is 2.28. The van der Waals surface area contributed by atoms with Gasteiger partial charge < -0.3 is 5.73 Å². The number of rotatable bonds is 5. The second kappa shape index (κ2) is 6.14. The van der Waals surface area contributed by atoms with E-state index >= 15 is 0 Å². The molecule has 0 heterocycles. The Kier molecular flexibility index (Phi) is 5.09. The summed E-state index contributed by atoms with van der Waals surface area (Å²) in [6, 6.07) is 8.19. The zero-order valence-electron chi connectivity index (χ0n) is 12.0. The van der Waals surface area contributed by atoms with Gasteiger partial charge in [0.05, 0.1) is 0 Å². The van der Waals surface area contributed by atoms with Crippen LogP contribution in [0.15, 0.2) is 24.3 Å². The Morgan fingerprint density at radius 3 is 2.11 bits per heavy atom. The van der Waals surface area contributed by atoms with Gasteiger partial charge in [-0.05, 0) is 23.0 Å². The lowest BCUT2D eigenvalue weighted by atomic mass is 9.84. The van der Waals surface area contributed by atoms with Crippen molar-refractivity contribution < 1.29 is 4.79 Å². The Hall–Kier alpha value is -1.15. The fourth-order valence-electron chi connectivity index (χ4n) is 1.74. The van der Waals surface area contributed by atoms with Gasteiger partial charge in [-0.25, -0.2) is 0 Å². The summed E-state index contributed by atoms with van der Waals surface area (Å²) in [5.41, 5.74) is 8.40. The van der Waals surface area contributed by atoms with Crippen LogP contribution in [0, 0.1) is 5.41 Å². The van der Waals surface area contributed by atoms with E-state index in [0.717, 1.165) is 12.0 Å². The average molecular weight is 247 g/mol. The molecular formula is C16H25NO. The highest BCUT2D eigenvalue weighted by atomic mass is 16.1. The summed E-state index contributed by atoms with van der Waals surface area (Å²) in [5, 5.41) is 0. The van der Waals surface area contributed by atoms with Gasteiger partial charge in [0, 0.05) is 18.9 Å². The first kappa shape index (κ1) is 14.9. The van der Waals surface area contributed by atoms with Gasteiger partial charge >= 0.3 is 0 Å². The molecule has 0 saturated carbocycles. The molecule has 1 atom stereocenters. The maximum Gasteiger partial charge on any atom is 0.138 e. The number of benzene rings is 1. The van der Waals surface area contributed by atoms with Crippen LogP contribution in [0.3, 0.4) is 0 Å². The van der Waals surface area contributed by atoms with E-state index in [0.29, 0.717) is 12.8 Å². The molecule has 1 aromatic rings. The van der Waals surface area contributed by atoms with Crippen molar-refractivity contribution in [3.63, 3.8) is 0 Å². The standard InChI is InChI=1S/C16H25NO/c1-5-12-6-8-13(9-7-12)10-14(18)11-15(17)16(2,3)4/h6-9,15H,5,10-11,17H2,1-4H3. The topological polar surface area (TPSA) is 43.1 Å². The van der Waals surface area contributed by atoms with Gasteiger partial charge in [0.2, 0.25) is 0 Å². The van der Waals surface area contributed by atoms with E-state index in [1.54, 1.807) is 0 Å². The molecule has 0 aliphatic heterocycles. The predicted octanol–water partition coefficient (Wildman–Crippen LogP) is 3.12. The molecule has 0 spiro atoms. The van der Waals surface area contributed by atoms with E-state index in [9.17, 15) is 4.79 Å². The highest BCUT2D eigenvalue weighted by Crippen LogP contribution is 2.20. The van der Waals surface area contributed by atoms with Crippen LogP contribution < -0.4 is 5.73 Å². The van der Waals surface area contributed by atoms with Crippen molar-refractivity contribution in [2.24, 2.45) is 11.1 Å². The van der Waals surface area contributed by atoms with E-state index in [-0.39, 0.29) is 17.2 Å². The van der Waals surface area contributed by atoms with Gasteiger partial charge in [-0.3, -0.25) is 4.79 Å². The summed E-state index contributed by atoms with van der Waals surface area (Å²) < 4.78 is 0. The van der Waals surface area contributed by atoms with Crippen LogP contribution in [0.1, 0.15) is 45.2 Å². The minimum atomic E-state index is -0.0695. The first-order chi connectivity index (χ1) is 8.32. The van der Waals surface area contributed by atoms with Crippen molar-refractivity contribution in [2.45, 2.75) is 53.0 Å². The molecule has 0 saturated heterocycles. The number of nitrogens with two attached hydrogens (primary N) is 1. The Labute approximate surface area is 111 Å². The van der Waals surface area contributed by atoms with Crippen LogP contribution in [-0.4, -0.2) is 11.8 Å². The number of carbonyl (C=O) groups excluding carboxylic acids is 1. The number of ketones is 1. The third-order valence-corrected chi connectivity index (χ3v) is 3.39. The van der Waals surface area contributed by atoms with Crippen molar-refractivity contribution in [3.05, 3.63) is 35.4 Å². The van der Waals surface area contributed by atoms with E-state index in [2.05, 4.69) is 39.8 Å². The van der Waals surface area contributed by atoms with Gasteiger partial charge in [0.25, 0.3) is 0 Å². The first-order valence-electron chi connectivity index (χ1n) is 6.68. The summed E-state index contributed by atoms with van der Waals surface area (Å²) in [6.45, 7) is 8.34. The minimum absolute atomic E-state index is 0.0122. The first-order valence-corrected chi connectivity index (χ1v) is 6.68. The van der Waals surface area contributed by atoms with Gasteiger partial charge in [-0.15, -0.1) is 0 Å². The second-order valence-electron chi connectivity index (χ2n) is 6.06. The normalized spacial score (nSPS) is 13.4. The highest BCUT2D eigenvalue weighted by Gasteiger charge is 2.22. The quantitative estimate of drug-likeness (QED) is 0.868. The van der Waals surface area contributed by atoms with Gasteiger partial charge in [-0.1, -0.05) is 52.0 Å². The van der Waals surface area contributed by atoms with Crippen LogP contribution in [0.25, 0.3) is 0 Å². The molecule has 0 radical (unpaired) electrons. The van der Waals surface area contributed by atoms with Gasteiger partial charge in [0.15, 0.2) is 0 Å². The molecule has 1 unspecified atom stereocenters. The molecule has 0 amide bonds. The lowest BCUT2D eigenvalue weighted by Gasteiger charge is -2.26. The molecule has 2 heteroatoms. The van der Waals surface area contributed by atoms with Crippen LogP contribution in [0.4, 0.5) is 0 Å². The van der Waals surface area contributed by atoms with Crippen molar-refractivity contribution in [1.82, 2.24) is 0 Å². The summed E-state index contributed by atoms with van der Waals surface area (Å²) in [6.07, 6.45) is 1.98. The molecule has 0 aliphatic carbocycles. The van der Waals surface area contributed by atoms with Crippen molar-refractivity contribution in [1.29, 1.82) is 0 Å². The number of hydrogen-bond donors (Lipinski definition) is 1. The molecule has 0 fully saturated rings. The van der Waals surface area contributed by atoms with Crippen molar-refractivity contribution >= 4 is 5.78 Å². The van der Waals surface area contributed by atoms with Gasteiger partial charge in [-0.2, -0.15) is 0 Å². The second-order valence-corrected chi connectivity index (χ2v) is 6.06. The Bertz CT molecular complexity index is 387. The predicted molar refractivity (Wildman–Crippen MR) is 76.6 cm³/mol. The van der Waals surface area contributed by atoms with E-state index < -0.39 is 0 Å². The van der Waals surface area contributed by atoms with Crippen LogP contribution >= 0.6 is 0 Å². The number of carbonyl (C=O) groups is 1. The van der Waals surface area contributed by atoms with Crippen LogP contribution in [-0.2, 0) is 17.6 Å². The summed E-state index contributed by atoms with van der Waals surface area (Å²) in [5.74, 6) is 0.224. The molecule has 0 aliphatic rings. The third kappa shape index (κ3) is 4.61. The minimum Gasteiger partial charge on any atom is -0.327 e. The van der Waals surface area contributed by atoms with Crippen molar-refractivity contribution in [2.75, 3.05) is 0 Å². The van der Waals surface area contributed by atoms with E-state index in [1.165, 1.54) is 5.56 Å². The highest BCUT2D eigenvalue weighted by molar-refractivity contribution is 5.81. The SMILES string of the molecule is CCc1ccc(CC(=O)CC(N)C(C)(C)C)cc1. The largest absolute Gasteiger partial charge is 0.327 e. The molecule has 100 valence electrons. The summed E-state index contributed by atoms with van der Waals surface area (Å²) in [7, 11) is 0. The lowest BCUT2D eigenvalue weighted by Crippen LogP contribution is -2.37. The monoisotopic (exact) mass is 247 g/mol. The van der Waals surface area contributed by atoms with Gasteiger partial charge in [0.1, 0.15) is 5.78 Å². The van der Waals surface area contributed by atoms with E-state index in [1.807, 2.05) is 12.1 Å². The summed E-state index contributed by atoms with van der Waals surface area (Å²) in [4.78, 5) is 11.9. The van der Waals surface area contributed by atoms with Crippen molar-refractivity contribution in [3.8, 4) is 0 Å². The number of Topliss-reactive ketones (excluding diaryl/α,β-unsaturated/α-hetero) is 1. The number of hydrogen-bond acceptors (Lipinski definition) is 2. The molecule has 1 rings (SSSR count). The molecule has 2 N–H and O–H groups in total. The molecule has 1 aromatic carbocycles. The maximum atomic E-state index is 11.9. The molecule has 0 aromatic heterocycles. The zero-order chi connectivity index (χ0) is 13.8. The van der Waals surface area contributed by atoms with E-state index in [4.69, 9.17) is 5.73 Å². The third-order valence-electron chi connectivity index (χ3n) is 3.39.